The molecule has 0 amide bonds. The van der Waals surface area contributed by atoms with E-state index in [-0.39, 0.29) is 0 Å². The topological polar surface area (TPSA) is 21.3 Å². The van der Waals surface area contributed by atoms with Crippen molar-refractivity contribution in [3.05, 3.63) is 0 Å². The zero-order chi connectivity index (χ0) is 9.68. The first-order chi connectivity index (χ1) is 6.22. The summed E-state index contributed by atoms with van der Waals surface area (Å²) in [5.41, 5.74) is 0. The highest BCUT2D eigenvalue weighted by atomic mass is 16.5. The second-order valence-corrected chi connectivity index (χ2v) is 4.40. The maximum absolute atomic E-state index is 5.73. The van der Waals surface area contributed by atoms with Crippen LogP contribution in [0.1, 0.15) is 40.0 Å². The van der Waals surface area contributed by atoms with Crippen LogP contribution in [0.4, 0.5) is 0 Å². The van der Waals surface area contributed by atoms with Gasteiger partial charge in [-0.05, 0) is 31.7 Å². The first-order valence-electron chi connectivity index (χ1n) is 5.57. The van der Waals surface area contributed by atoms with Crippen molar-refractivity contribution in [2.75, 3.05) is 13.2 Å². The van der Waals surface area contributed by atoms with Crippen LogP contribution in [-0.2, 0) is 4.74 Å². The molecule has 0 aromatic carbocycles. The summed E-state index contributed by atoms with van der Waals surface area (Å²) in [6.45, 7) is 8.72. The van der Waals surface area contributed by atoms with Crippen LogP contribution in [0, 0.1) is 5.92 Å². The van der Waals surface area contributed by atoms with Gasteiger partial charge in [0.05, 0.1) is 6.10 Å². The van der Waals surface area contributed by atoms with Crippen LogP contribution in [-0.4, -0.2) is 25.3 Å². The molecule has 2 heteroatoms. The van der Waals surface area contributed by atoms with Gasteiger partial charge in [-0.2, -0.15) is 0 Å². The van der Waals surface area contributed by atoms with E-state index in [9.17, 15) is 0 Å². The first-order valence-corrected chi connectivity index (χ1v) is 5.57. The van der Waals surface area contributed by atoms with Gasteiger partial charge in [0.15, 0.2) is 0 Å². The van der Waals surface area contributed by atoms with Crippen molar-refractivity contribution in [1.82, 2.24) is 5.32 Å². The fraction of sp³-hybridized carbons (Fsp3) is 1.00. The van der Waals surface area contributed by atoms with E-state index in [1.54, 1.807) is 0 Å². The van der Waals surface area contributed by atoms with Crippen LogP contribution in [0.15, 0.2) is 0 Å². The zero-order valence-corrected chi connectivity index (χ0v) is 9.18. The summed E-state index contributed by atoms with van der Waals surface area (Å²) in [7, 11) is 0. The number of nitrogens with one attached hydrogen (secondary N) is 1. The molecular formula is C11H23NO. The van der Waals surface area contributed by atoms with Gasteiger partial charge < -0.3 is 10.1 Å². The normalized spacial score (nSPS) is 29.5. The predicted molar refractivity (Wildman–Crippen MR) is 55.9 cm³/mol. The molecule has 1 rings (SSSR count). The lowest BCUT2D eigenvalue weighted by Gasteiger charge is -2.30. The van der Waals surface area contributed by atoms with E-state index >= 15 is 0 Å². The van der Waals surface area contributed by atoms with Gasteiger partial charge in [-0.25, -0.2) is 0 Å². The Kier molecular flexibility index (Phi) is 4.74. The lowest BCUT2D eigenvalue weighted by Crippen LogP contribution is -2.39. The minimum Gasteiger partial charge on any atom is -0.378 e. The Hall–Kier alpha value is -0.0800. The average molecular weight is 185 g/mol. The summed E-state index contributed by atoms with van der Waals surface area (Å²) < 4.78 is 5.73. The molecule has 13 heavy (non-hydrogen) atoms. The number of rotatable bonds is 4. The highest BCUT2D eigenvalue weighted by molar-refractivity contribution is 4.76. The Labute approximate surface area is 82.0 Å². The Morgan fingerprint density at radius 1 is 1.46 bits per heavy atom. The number of hydrogen-bond donors (Lipinski definition) is 1. The third kappa shape index (κ3) is 4.10. The molecule has 0 aromatic rings. The summed E-state index contributed by atoms with van der Waals surface area (Å²) >= 11 is 0. The van der Waals surface area contributed by atoms with E-state index in [1.807, 2.05) is 0 Å². The minimum atomic E-state index is 0.498. The number of ether oxygens (including phenoxy) is 1. The van der Waals surface area contributed by atoms with E-state index in [2.05, 4.69) is 26.1 Å². The molecule has 2 nitrogen and oxygen atoms in total. The Balaban J connectivity index is 2.24. The maximum atomic E-state index is 5.73. The lowest BCUT2D eigenvalue weighted by atomic mass is 9.96. The molecule has 0 bridgehead atoms. The van der Waals surface area contributed by atoms with E-state index in [4.69, 9.17) is 4.74 Å². The summed E-state index contributed by atoms with van der Waals surface area (Å²) in [5, 5.41) is 3.51. The molecular weight excluding hydrogens is 162 g/mol. The van der Waals surface area contributed by atoms with Crippen LogP contribution >= 0.6 is 0 Å². The monoisotopic (exact) mass is 185 g/mol. The summed E-state index contributed by atoms with van der Waals surface area (Å²) in [5.74, 6) is 0.755. The molecule has 78 valence electrons. The smallest absolute Gasteiger partial charge is 0.0592 e. The molecule has 2 atom stereocenters. The molecule has 0 aliphatic carbocycles. The molecule has 1 fully saturated rings. The molecule has 0 saturated carbocycles. The van der Waals surface area contributed by atoms with E-state index < -0.39 is 0 Å². The molecule has 1 saturated heterocycles. The van der Waals surface area contributed by atoms with Gasteiger partial charge in [0.2, 0.25) is 0 Å². The average Bonchev–Trinajstić information content (AvgIpc) is 2.04. The molecule has 0 spiro atoms. The van der Waals surface area contributed by atoms with Crippen LogP contribution in [0.2, 0.25) is 0 Å². The molecule has 2 unspecified atom stereocenters. The van der Waals surface area contributed by atoms with Crippen molar-refractivity contribution >= 4 is 0 Å². The number of hydrogen-bond acceptors (Lipinski definition) is 2. The Morgan fingerprint density at radius 3 is 2.85 bits per heavy atom. The molecule has 1 N–H and O–H groups in total. The summed E-state index contributed by atoms with van der Waals surface area (Å²) in [6, 6.07) is 0.697. The van der Waals surface area contributed by atoms with Crippen LogP contribution in [0.25, 0.3) is 0 Å². The van der Waals surface area contributed by atoms with Gasteiger partial charge >= 0.3 is 0 Å². The molecule has 0 aromatic heterocycles. The maximum Gasteiger partial charge on any atom is 0.0592 e. The van der Waals surface area contributed by atoms with E-state index in [0.717, 1.165) is 19.1 Å². The second kappa shape index (κ2) is 5.61. The van der Waals surface area contributed by atoms with E-state index in [0.29, 0.717) is 12.1 Å². The standard InChI is InChI=1S/C11H23NO/c1-4-12-10-5-6-13-11(8-10)7-9(2)3/h9-12H,4-8H2,1-3H3. The van der Waals surface area contributed by atoms with Gasteiger partial charge in [0.1, 0.15) is 0 Å². The Bertz CT molecular complexity index is 134. The van der Waals surface area contributed by atoms with Gasteiger partial charge in [-0.1, -0.05) is 20.8 Å². The zero-order valence-electron chi connectivity index (χ0n) is 9.18. The second-order valence-electron chi connectivity index (χ2n) is 4.40. The third-order valence-electron chi connectivity index (χ3n) is 2.59. The van der Waals surface area contributed by atoms with Gasteiger partial charge in [0.25, 0.3) is 0 Å². The molecule has 1 aliphatic heterocycles. The van der Waals surface area contributed by atoms with Crippen molar-refractivity contribution in [2.45, 2.75) is 52.2 Å². The van der Waals surface area contributed by atoms with Gasteiger partial charge in [0, 0.05) is 12.6 Å². The summed E-state index contributed by atoms with van der Waals surface area (Å²) in [6.07, 6.45) is 4.09. The fourth-order valence-corrected chi connectivity index (χ4v) is 2.04. The third-order valence-corrected chi connectivity index (χ3v) is 2.59. The minimum absolute atomic E-state index is 0.498. The van der Waals surface area contributed by atoms with Crippen molar-refractivity contribution in [2.24, 2.45) is 5.92 Å². The SMILES string of the molecule is CCNC1CCOC(CC(C)C)C1. The first kappa shape index (κ1) is 11.0. The fourth-order valence-electron chi connectivity index (χ4n) is 2.04. The van der Waals surface area contributed by atoms with E-state index in [1.165, 1.54) is 19.3 Å². The largest absolute Gasteiger partial charge is 0.378 e. The summed E-state index contributed by atoms with van der Waals surface area (Å²) in [4.78, 5) is 0. The Morgan fingerprint density at radius 2 is 2.23 bits per heavy atom. The predicted octanol–water partition coefficient (Wildman–Crippen LogP) is 2.19. The quantitative estimate of drug-likeness (QED) is 0.725. The van der Waals surface area contributed by atoms with Crippen molar-refractivity contribution < 1.29 is 4.74 Å². The van der Waals surface area contributed by atoms with Crippen molar-refractivity contribution in [3.63, 3.8) is 0 Å². The van der Waals surface area contributed by atoms with Gasteiger partial charge in [-0.15, -0.1) is 0 Å². The van der Waals surface area contributed by atoms with Gasteiger partial charge in [-0.3, -0.25) is 0 Å². The lowest BCUT2D eigenvalue weighted by molar-refractivity contribution is -0.00898. The molecule has 1 aliphatic rings. The van der Waals surface area contributed by atoms with Crippen LogP contribution in [0.5, 0.6) is 0 Å². The van der Waals surface area contributed by atoms with Crippen LogP contribution < -0.4 is 5.32 Å². The van der Waals surface area contributed by atoms with Crippen molar-refractivity contribution in [3.8, 4) is 0 Å². The molecule has 1 heterocycles. The highest BCUT2D eigenvalue weighted by Crippen LogP contribution is 2.19. The van der Waals surface area contributed by atoms with Crippen LogP contribution in [0.3, 0.4) is 0 Å². The van der Waals surface area contributed by atoms with Crippen molar-refractivity contribution in [1.29, 1.82) is 0 Å². The highest BCUT2D eigenvalue weighted by Gasteiger charge is 2.22. The molecule has 0 radical (unpaired) electrons.